The van der Waals surface area contributed by atoms with Gasteiger partial charge in [-0.1, -0.05) is 24.3 Å². The number of halogens is 1. The van der Waals surface area contributed by atoms with E-state index in [9.17, 15) is 29.1 Å². The number of nitrogens with two attached hydrogens (primary N) is 1. The minimum Gasteiger partial charge on any atom is -0.478 e. The summed E-state index contributed by atoms with van der Waals surface area (Å²) in [6.07, 6.45) is 1.69. The van der Waals surface area contributed by atoms with E-state index in [2.05, 4.69) is 6.07 Å². The number of imidazole rings is 1. The molecule has 1 fully saturated rings. The number of aryl methyl sites for hydroxylation is 1. The molecular weight excluding hydrogens is 505 g/mol. The molecule has 0 aliphatic carbocycles. The fraction of sp³-hybridized carbons (Fsp3) is 0.296. The monoisotopic (exact) mass is 531 g/mol. The first kappa shape index (κ1) is 25.9. The molecule has 2 aromatic carbocycles. The van der Waals surface area contributed by atoms with Gasteiger partial charge in [0.2, 0.25) is 5.95 Å². The van der Waals surface area contributed by atoms with Crippen molar-refractivity contribution in [2.45, 2.75) is 32.0 Å². The summed E-state index contributed by atoms with van der Waals surface area (Å²) in [6, 6.07) is 12.6. The van der Waals surface area contributed by atoms with E-state index in [-0.39, 0.29) is 35.9 Å². The molecule has 5 rings (SSSR count). The summed E-state index contributed by atoms with van der Waals surface area (Å²) < 4.78 is 17.9. The predicted octanol–water partition coefficient (Wildman–Crippen LogP) is 1.63. The van der Waals surface area contributed by atoms with Gasteiger partial charge in [0.1, 0.15) is 5.82 Å². The number of benzene rings is 2. The molecule has 12 heteroatoms. The largest absolute Gasteiger partial charge is 0.478 e. The number of carboxylic acids is 1. The quantitative estimate of drug-likeness (QED) is 0.381. The highest BCUT2D eigenvalue weighted by atomic mass is 19.1. The smallest absolute Gasteiger partial charge is 0.338 e. The average molecular weight is 532 g/mol. The Balaban J connectivity index is 1.72. The maximum absolute atomic E-state index is 14.0. The molecule has 3 heterocycles. The van der Waals surface area contributed by atoms with E-state index in [0.717, 1.165) is 29.5 Å². The number of aromatic carboxylic acids is 1. The third kappa shape index (κ3) is 4.68. The number of nitrogens with zero attached hydrogens (tertiary/aromatic N) is 6. The van der Waals surface area contributed by atoms with Crippen LogP contribution in [-0.4, -0.2) is 48.9 Å². The van der Waals surface area contributed by atoms with Gasteiger partial charge in [0, 0.05) is 26.2 Å². The maximum Gasteiger partial charge on any atom is 0.338 e. The van der Waals surface area contributed by atoms with E-state index in [1.54, 1.807) is 28.8 Å². The van der Waals surface area contributed by atoms with Gasteiger partial charge >= 0.3 is 11.7 Å². The van der Waals surface area contributed by atoms with Crippen molar-refractivity contribution < 1.29 is 14.3 Å². The van der Waals surface area contributed by atoms with Crippen molar-refractivity contribution >= 4 is 23.1 Å². The molecule has 1 aliphatic heterocycles. The van der Waals surface area contributed by atoms with Crippen LogP contribution in [0.5, 0.6) is 0 Å². The second-order valence-corrected chi connectivity index (χ2v) is 9.64. The van der Waals surface area contributed by atoms with Crippen LogP contribution in [0.15, 0.2) is 52.1 Å². The fourth-order valence-corrected chi connectivity index (χ4v) is 5.04. The summed E-state index contributed by atoms with van der Waals surface area (Å²) in [5.74, 6) is -1.91. The van der Waals surface area contributed by atoms with Crippen LogP contribution in [0.25, 0.3) is 11.2 Å². The number of carbonyl (C=O) groups is 1. The summed E-state index contributed by atoms with van der Waals surface area (Å²) in [7, 11) is 1.50. The molecule has 200 valence electrons. The summed E-state index contributed by atoms with van der Waals surface area (Å²) in [5.41, 5.74) is 6.10. The Labute approximate surface area is 221 Å². The summed E-state index contributed by atoms with van der Waals surface area (Å²) in [4.78, 5) is 45.3. The van der Waals surface area contributed by atoms with Crippen molar-refractivity contribution in [3.63, 3.8) is 0 Å². The van der Waals surface area contributed by atoms with Crippen molar-refractivity contribution in [1.82, 2.24) is 18.7 Å². The molecule has 0 radical (unpaired) electrons. The lowest BCUT2D eigenvalue weighted by molar-refractivity contribution is 0.0691. The number of fused-ring (bicyclic) bond motifs is 1. The topological polar surface area (TPSA) is 152 Å². The molecular formula is C27H26FN7O4. The number of hydrogen-bond donors (Lipinski definition) is 2. The zero-order valence-corrected chi connectivity index (χ0v) is 21.2. The highest BCUT2D eigenvalue weighted by molar-refractivity contribution is 5.88. The molecule has 0 saturated carbocycles. The molecule has 0 amide bonds. The highest BCUT2D eigenvalue weighted by Crippen LogP contribution is 2.25. The van der Waals surface area contributed by atoms with Gasteiger partial charge in [-0.3, -0.25) is 18.5 Å². The van der Waals surface area contributed by atoms with Gasteiger partial charge in [-0.05, 0) is 42.2 Å². The third-order valence-corrected chi connectivity index (χ3v) is 7.02. The van der Waals surface area contributed by atoms with Gasteiger partial charge in [0.25, 0.3) is 5.56 Å². The minimum atomic E-state index is -1.45. The summed E-state index contributed by atoms with van der Waals surface area (Å²) in [6.45, 7) is 1.05. The molecule has 39 heavy (non-hydrogen) atoms. The zero-order valence-electron chi connectivity index (χ0n) is 21.2. The lowest BCUT2D eigenvalue weighted by Gasteiger charge is -2.32. The number of nitriles is 1. The van der Waals surface area contributed by atoms with Crippen LogP contribution in [0.4, 0.5) is 10.3 Å². The van der Waals surface area contributed by atoms with E-state index in [0.29, 0.717) is 30.2 Å². The van der Waals surface area contributed by atoms with Crippen LogP contribution in [-0.2, 0) is 20.1 Å². The Morgan fingerprint density at radius 3 is 2.69 bits per heavy atom. The van der Waals surface area contributed by atoms with Crippen LogP contribution in [0.2, 0.25) is 0 Å². The van der Waals surface area contributed by atoms with Gasteiger partial charge in [-0.25, -0.2) is 14.0 Å². The SMILES string of the molecule is Cn1c(=O)n(Cc2ccc(F)c(C(=O)O)c2)c(=O)c2c1nc(N1CCC[C@@H](N)C1)n2Cc1ccccc1C#N. The fourth-order valence-electron chi connectivity index (χ4n) is 5.04. The number of aromatic nitrogens is 4. The molecule has 1 saturated heterocycles. The van der Waals surface area contributed by atoms with E-state index >= 15 is 0 Å². The van der Waals surface area contributed by atoms with Gasteiger partial charge in [0.15, 0.2) is 11.2 Å². The number of hydrogen-bond acceptors (Lipinski definition) is 7. The molecule has 11 nitrogen and oxygen atoms in total. The second kappa shape index (κ2) is 10.2. The Hall–Kier alpha value is -4.76. The Bertz CT molecular complexity index is 1760. The summed E-state index contributed by atoms with van der Waals surface area (Å²) in [5, 5.41) is 18.9. The van der Waals surface area contributed by atoms with Crippen LogP contribution < -0.4 is 21.9 Å². The molecule has 4 aromatic rings. The first-order valence-electron chi connectivity index (χ1n) is 12.4. The lowest BCUT2D eigenvalue weighted by Crippen LogP contribution is -2.44. The molecule has 1 atom stereocenters. The van der Waals surface area contributed by atoms with Crippen LogP contribution in [0.1, 0.15) is 39.9 Å². The highest BCUT2D eigenvalue weighted by Gasteiger charge is 2.27. The van der Waals surface area contributed by atoms with Crippen molar-refractivity contribution in [3.05, 3.63) is 91.4 Å². The van der Waals surface area contributed by atoms with Crippen molar-refractivity contribution in [2.75, 3.05) is 18.0 Å². The number of piperidine rings is 1. The van der Waals surface area contributed by atoms with Crippen molar-refractivity contribution in [2.24, 2.45) is 12.8 Å². The first-order valence-corrected chi connectivity index (χ1v) is 12.4. The average Bonchev–Trinajstić information content (AvgIpc) is 3.30. The van der Waals surface area contributed by atoms with Gasteiger partial charge in [-0.2, -0.15) is 10.2 Å². The maximum atomic E-state index is 14.0. The van der Waals surface area contributed by atoms with Crippen molar-refractivity contribution in [1.29, 1.82) is 5.26 Å². The first-order chi connectivity index (χ1) is 18.7. The normalized spacial score (nSPS) is 15.4. The lowest BCUT2D eigenvalue weighted by atomic mass is 10.1. The standard InChI is InChI=1S/C27H26FN7O4/c1-32-23-22(24(36)35(27(32)39)13-16-8-9-21(28)20(11-16)25(37)38)34(14-18-6-3-2-5-17(18)12-29)26(31-23)33-10-4-7-19(30)15-33/h2-3,5-6,8-9,11,19H,4,7,10,13-15,30H2,1H3,(H,37,38)/t19-/m1/s1. The molecule has 0 bridgehead atoms. The van der Waals surface area contributed by atoms with E-state index < -0.39 is 28.6 Å². The number of rotatable bonds is 6. The Morgan fingerprint density at radius 1 is 1.21 bits per heavy atom. The van der Waals surface area contributed by atoms with E-state index in [4.69, 9.17) is 10.7 Å². The number of anilines is 1. The minimum absolute atomic E-state index is 0.0826. The van der Waals surface area contributed by atoms with Crippen LogP contribution in [0, 0.1) is 17.1 Å². The number of carboxylic acid groups (broad SMARTS) is 1. The van der Waals surface area contributed by atoms with Gasteiger partial charge < -0.3 is 15.7 Å². The van der Waals surface area contributed by atoms with E-state index in [1.165, 1.54) is 17.7 Å². The summed E-state index contributed by atoms with van der Waals surface area (Å²) >= 11 is 0. The van der Waals surface area contributed by atoms with Crippen LogP contribution in [0.3, 0.4) is 0 Å². The van der Waals surface area contributed by atoms with Crippen LogP contribution >= 0.6 is 0 Å². The zero-order chi connectivity index (χ0) is 27.8. The molecule has 0 unspecified atom stereocenters. The Morgan fingerprint density at radius 2 is 1.97 bits per heavy atom. The molecule has 1 aliphatic rings. The second-order valence-electron chi connectivity index (χ2n) is 9.64. The van der Waals surface area contributed by atoms with Gasteiger partial charge in [0.05, 0.1) is 30.3 Å². The molecule has 3 N–H and O–H groups in total. The Kier molecular flexibility index (Phi) is 6.76. The van der Waals surface area contributed by atoms with E-state index in [1.807, 2.05) is 4.90 Å². The van der Waals surface area contributed by atoms with Gasteiger partial charge in [-0.15, -0.1) is 0 Å². The third-order valence-electron chi connectivity index (χ3n) is 7.02. The predicted molar refractivity (Wildman–Crippen MR) is 141 cm³/mol. The molecule has 2 aromatic heterocycles. The van der Waals surface area contributed by atoms with Crippen molar-refractivity contribution in [3.8, 4) is 6.07 Å². The molecule has 0 spiro atoms.